The van der Waals surface area contributed by atoms with Crippen LogP contribution in [-0.2, 0) is 21.7 Å². The first kappa shape index (κ1) is 25.4. The SMILES string of the molecule is C[C@@]1(c2ncc3ccccn23)CC(c2ccc3c(=O)n(-c4ccc(F)cc4)c(CCCCC(=O)O)nc3c2)=NO1. The maximum atomic E-state index is 13.7. The Kier molecular flexibility index (Phi) is 6.37. The highest BCUT2D eigenvalue weighted by molar-refractivity contribution is 6.03. The van der Waals surface area contributed by atoms with Crippen molar-refractivity contribution in [1.82, 2.24) is 18.9 Å². The van der Waals surface area contributed by atoms with Gasteiger partial charge in [0.15, 0.2) is 11.4 Å². The van der Waals surface area contributed by atoms with Crippen LogP contribution in [0.2, 0.25) is 0 Å². The van der Waals surface area contributed by atoms with E-state index in [4.69, 9.17) is 14.9 Å². The van der Waals surface area contributed by atoms with Crippen LogP contribution in [-0.4, -0.2) is 35.7 Å². The molecule has 1 aliphatic heterocycles. The van der Waals surface area contributed by atoms with E-state index < -0.39 is 17.4 Å². The smallest absolute Gasteiger partial charge is 0.303 e. The van der Waals surface area contributed by atoms with Crippen LogP contribution in [0.1, 0.15) is 49.8 Å². The molecule has 202 valence electrons. The molecule has 0 fully saturated rings. The van der Waals surface area contributed by atoms with E-state index in [0.29, 0.717) is 53.8 Å². The zero-order valence-electron chi connectivity index (χ0n) is 21.7. The number of benzene rings is 2. The molecule has 0 radical (unpaired) electrons. The largest absolute Gasteiger partial charge is 0.481 e. The van der Waals surface area contributed by atoms with Gasteiger partial charge in [-0.1, -0.05) is 17.3 Å². The minimum atomic E-state index is -0.873. The molecular weight excluding hydrogens is 513 g/mol. The lowest BCUT2D eigenvalue weighted by molar-refractivity contribution is -0.137. The average Bonchev–Trinajstić information content (AvgIpc) is 3.56. The third-order valence-corrected chi connectivity index (χ3v) is 7.17. The van der Waals surface area contributed by atoms with Crippen molar-refractivity contribution in [2.75, 3.05) is 0 Å². The number of aryl methyl sites for hydroxylation is 1. The number of hydrogen-bond acceptors (Lipinski definition) is 6. The predicted molar refractivity (Wildman–Crippen MR) is 147 cm³/mol. The van der Waals surface area contributed by atoms with Crippen LogP contribution in [0.5, 0.6) is 0 Å². The summed E-state index contributed by atoms with van der Waals surface area (Å²) in [7, 11) is 0. The molecule has 0 bridgehead atoms. The van der Waals surface area contributed by atoms with Gasteiger partial charge >= 0.3 is 5.97 Å². The van der Waals surface area contributed by atoms with Crippen LogP contribution in [0.15, 0.2) is 83.0 Å². The molecule has 0 spiro atoms. The minimum absolute atomic E-state index is 0.0307. The van der Waals surface area contributed by atoms with Gasteiger partial charge in [0.1, 0.15) is 11.6 Å². The Balaban J connectivity index is 1.36. The van der Waals surface area contributed by atoms with Crippen LogP contribution in [0, 0.1) is 5.82 Å². The van der Waals surface area contributed by atoms with Crippen molar-refractivity contribution in [3.63, 3.8) is 0 Å². The quantitative estimate of drug-likeness (QED) is 0.278. The summed E-state index contributed by atoms with van der Waals surface area (Å²) in [5.41, 5.74) is 2.39. The number of fused-ring (bicyclic) bond motifs is 2. The normalized spacial score (nSPS) is 16.8. The lowest BCUT2D eigenvalue weighted by Crippen LogP contribution is -2.25. The molecule has 3 aromatic heterocycles. The molecule has 1 N–H and O–H groups in total. The van der Waals surface area contributed by atoms with Gasteiger partial charge in [-0.2, -0.15) is 0 Å². The summed E-state index contributed by atoms with van der Waals surface area (Å²) in [6, 6.07) is 16.9. The molecule has 9 nitrogen and oxygen atoms in total. The van der Waals surface area contributed by atoms with E-state index in [1.807, 2.05) is 47.9 Å². The monoisotopic (exact) mass is 539 g/mol. The van der Waals surface area contributed by atoms with E-state index in [9.17, 15) is 14.0 Å². The third kappa shape index (κ3) is 4.61. The highest BCUT2D eigenvalue weighted by atomic mass is 19.1. The lowest BCUT2D eigenvalue weighted by atomic mass is 9.94. The fourth-order valence-electron chi connectivity index (χ4n) is 5.14. The van der Waals surface area contributed by atoms with Gasteiger partial charge in [0, 0.05) is 31.0 Å². The van der Waals surface area contributed by atoms with Crippen LogP contribution < -0.4 is 5.56 Å². The fraction of sp³-hybridized carbons (Fsp3) is 0.233. The van der Waals surface area contributed by atoms with Crippen molar-refractivity contribution < 1.29 is 19.1 Å². The summed E-state index contributed by atoms with van der Waals surface area (Å²) >= 11 is 0. The minimum Gasteiger partial charge on any atom is -0.481 e. The van der Waals surface area contributed by atoms with E-state index in [0.717, 1.165) is 16.9 Å². The highest BCUT2D eigenvalue weighted by Crippen LogP contribution is 2.36. The van der Waals surface area contributed by atoms with Gasteiger partial charge in [-0.25, -0.2) is 14.4 Å². The number of carboxylic acid groups (broad SMARTS) is 1. The van der Waals surface area contributed by atoms with Gasteiger partial charge in [-0.15, -0.1) is 0 Å². The number of rotatable bonds is 8. The number of halogens is 1. The molecule has 0 aliphatic carbocycles. The van der Waals surface area contributed by atoms with E-state index in [1.54, 1.807) is 12.3 Å². The van der Waals surface area contributed by atoms with Crippen LogP contribution in [0.3, 0.4) is 0 Å². The van der Waals surface area contributed by atoms with Crippen LogP contribution >= 0.6 is 0 Å². The number of nitrogens with zero attached hydrogens (tertiary/aromatic N) is 5. The van der Waals surface area contributed by atoms with Gasteiger partial charge in [0.25, 0.3) is 5.56 Å². The second-order valence-electron chi connectivity index (χ2n) is 10.1. The first-order valence-corrected chi connectivity index (χ1v) is 13.0. The predicted octanol–water partition coefficient (Wildman–Crippen LogP) is 5.01. The highest BCUT2D eigenvalue weighted by Gasteiger charge is 2.40. The van der Waals surface area contributed by atoms with Crippen molar-refractivity contribution >= 4 is 28.1 Å². The zero-order chi connectivity index (χ0) is 27.9. The molecule has 6 rings (SSSR count). The molecule has 0 saturated heterocycles. The summed E-state index contributed by atoms with van der Waals surface area (Å²) in [6.45, 7) is 1.95. The molecule has 2 aromatic carbocycles. The van der Waals surface area contributed by atoms with E-state index in [-0.39, 0.29) is 12.0 Å². The molecule has 40 heavy (non-hydrogen) atoms. The maximum Gasteiger partial charge on any atom is 0.303 e. The Bertz CT molecular complexity index is 1840. The number of oxime groups is 1. The molecule has 5 aromatic rings. The zero-order valence-corrected chi connectivity index (χ0v) is 21.7. The topological polar surface area (TPSA) is 111 Å². The lowest BCUT2D eigenvalue weighted by Gasteiger charge is -2.20. The molecule has 0 amide bonds. The van der Waals surface area contributed by atoms with Gasteiger partial charge in [0.05, 0.1) is 34.0 Å². The van der Waals surface area contributed by atoms with E-state index >= 15 is 0 Å². The number of aromatic nitrogens is 4. The summed E-state index contributed by atoms with van der Waals surface area (Å²) in [4.78, 5) is 40.0. The van der Waals surface area contributed by atoms with Crippen molar-refractivity contribution in [3.05, 3.63) is 106 Å². The summed E-state index contributed by atoms with van der Waals surface area (Å²) in [5.74, 6) is -0.0633. The van der Waals surface area contributed by atoms with Gasteiger partial charge in [-0.3, -0.25) is 14.2 Å². The van der Waals surface area contributed by atoms with Gasteiger partial charge < -0.3 is 14.3 Å². The average molecular weight is 540 g/mol. The number of carboxylic acids is 1. The van der Waals surface area contributed by atoms with Crippen LogP contribution in [0.25, 0.3) is 22.1 Å². The Morgan fingerprint density at radius 2 is 1.95 bits per heavy atom. The number of hydrogen-bond donors (Lipinski definition) is 1. The molecule has 4 heterocycles. The van der Waals surface area contributed by atoms with E-state index in [2.05, 4.69) is 10.1 Å². The second kappa shape index (κ2) is 10.0. The molecule has 0 unspecified atom stereocenters. The molecule has 10 heteroatoms. The second-order valence-corrected chi connectivity index (χ2v) is 10.1. The first-order chi connectivity index (χ1) is 19.3. The van der Waals surface area contributed by atoms with Crippen molar-refractivity contribution in [2.24, 2.45) is 5.16 Å². The molecular formula is C30H26FN5O4. The number of carbonyl (C=O) groups is 1. The number of aliphatic carboxylic acids is 1. The summed E-state index contributed by atoms with van der Waals surface area (Å²) in [5, 5.41) is 13.8. The van der Waals surface area contributed by atoms with E-state index in [1.165, 1.54) is 28.8 Å². The third-order valence-electron chi connectivity index (χ3n) is 7.17. The number of pyridine rings is 1. The Morgan fingerprint density at radius 3 is 2.75 bits per heavy atom. The van der Waals surface area contributed by atoms with Gasteiger partial charge in [-0.05, 0) is 68.3 Å². The molecule has 1 atom stereocenters. The summed E-state index contributed by atoms with van der Waals surface area (Å²) < 4.78 is 17.1. The summed E-state index contributed by atoms with van der Waals surface area (Å²) in [6.07, 6.45) is 5.60. The Morgan fingerprint density at radius 1 is 1.12 bits per heavy atom. The standard InChI is InChI=1S/C30H26FN5O4/c1-30(29-32-18-22-6-4-5-15-35(22)29)17-25(34-40-30)19-9-14-23-24(16-19)33-26(7-2-3-8-27(37)38)36(28(23)39)21-12-10-20(31)11-13-21/h4-6,9-16,18H,2-3,7-8,17H2,1H3,(H,37,38)/t30-/m0/s1. The van der Waals surface area contributed by atoms with Crippen molar-refractivity contribution in [2.45, 2.75) is 44.6 Å². The van der Waals surface area contributed by atoms with Crippen molar-refractivity contribution in [3.8, 4) is 5.69 Å². The van der Waals surface area contributed by atoms with Crippen molar-refractivity contribution in [1.29, 1.82) is 0 Å². The Labute approximate surface area is 228 Å². The number of imidazole rings is 1. The Hall–Kier alpha value is -4.86. The number of unbranched alkanes of at least 4 members (excludes halogenated alkanes) is 1. The van der Waals surface area contributed by atoms with Gasteiger partial charge in [0.2, 0.25) is 0 Å². The molecule has 0 saturated carbocycles. The molecule has 1 aliphatic rings. The van der Waals surface area contributed by atoms with Crippen LogP contribution in [0.4, 0.5) is 4.39 Å². The first-order valence-electron chi connectivity index (χ1n) is 13.0. The maximum absolute atomic E-state index is 13.7. The fourth-order valence-corrected chi connectivity index (χ4v) is 5.14.